The van der Waals surface area contributed by atoms with Crippen LogP contribution in [0.1, 0.15) is 79.5 Å². The lowest BCUT2D eigenvalue weighted by Crippen LogP contribution is -2.17. The zero-order chi connectivity index (χ0) is 24.8. The molecule has 0 spiro atoms. The Balaban J connectivity index is 0.000000569. The molecule has 1 heterocycles. The van der Waals surface area contributed by atoms with E-state index < -0.39 is 12.3 Å². The van der Waals surface area contributed by atoms with Crippen LogP contribution in [0.4, 0.5) is 13.2 Å². The number of nitrogens with two attached hydrogens (primary N) is 1. The Morgan fingerprint density at radius 2 is 1.70 bits per heavy atom. The zero-order valence-corrected chi connectivity index (χ0v) is 19.2. The molecule has 9 heteroatoms. The SMILES string of the molecule is CCCC(N)=O.Cc1c(C(=O)O)c(C)n(C2CCCCC2)c1-c1ccc(OC(F)(F)F)cc1. The molecule has 3 N–H and O–H groups in total. The van der Waals surface area contributed by atoms with Gasteiger partial charge in [-0.15, -0.1) is 13.2 Å². The zero-order valence-electron chi connectivity index (χ0n) is 19.2. The predicted octanol–water partition coefficient (Wildman–Crippen LogP) is 6.15. The summed E-state index contributed by atoms with van der Waals surface area (Å²) < 4.78 is 43.2. The van der Waals surface area contributed by atoms with Gasteiger partial charge >= 0.3 is 12.3 Å². The molecule has 0 saturated heterocycles. The maximum Gasteiger partial charge on any atom is 0.573 e. The molecule has 1 saturated carbocycles. The number of nitrogens with zero attached hydrogens (tertiary/aromatic N) is 1. The molecule has 6 nitrogen and oxygen atoms in total. The number of alkyl halides is 3. The first-order valence-corrected chi connectivity index (χ1v) is 11.0. The number of ether oxygens (including phenoxy) is 1. The lowest BCUT2D eigenvalue weighted by molar-refractivity contribution is -0.274. The highest BCUT2D eigenvalue weighted by Crippen LogP contribution is 2.39. The van der Waals surface area contributed by atoms with Gasteiger partial charge in [0.25, 0.3) is 0 Å². The molecule has 1 aromatic carbocycles. The minimum Gasteiger partial charge on any atom is -0.478 e. The highest BCUT2D eigenvalue weighted by molar-refractivity contribution is 5.94. The normalized spacial score (nSPS) is 14.4. The Morgan fingerprint density at radius 1 is 1.12 bits per heavy atom. The molecule has 0 atom stereocenters. The molecule has 1 aromatic heterocycles. The van der Waals surface area contributed by atoms with Crippen molar-refractivity contribution in [2.75, 3.05) is 0 Å². The smallest absolute Gasteiger partial charge is 0.478 e. The van der Waals surface area contributed by atoms with Crippen molar-refractivity contribution < 1.29 is 32.6 Å². The minimum absolute atomic E-state index is 0.201. The molecule has 3 rings (SSSR count). The summed E-state index contributed by atoms with van der Waals surface area (Å²) in [6, 6.07) is 5.82. The van der Waals surface area contributed by atoms with E-state index in [1.807, 2.05) is 6.92 Å². The second kappa shape index (κ2) is 11.2. The van der Waals surface area contributed by atoms with E-state index in [1.54, 1.807) is 26.0 Å². The van der Waals surface area contributed by atoms with Crippen LogP contribution < -0.4 is 10.5 Å². The number of aromatic nitrogens is 1. The summed E-state index contributed by atoms with van der Waals surface area (Å²) in [5, 5.41) is 9.64. The van der Waals surface area contributed by atoms with E-state index in [1.165, 1.54) is 18.6 Å². The number of primary amides is 1. The van der Waals surface area contributed by atoms with Gasteiger partial charge in [0.1, 0.15) is 5.75 Å². The van der Waals surface area contributed by atoms with Crippen molar-refractivity contribution >= 4 is 11.9 Å². The lowest BCUT2D eigenvalue weighted by atomic mass is 9.94. The van der Waals surface area contributed by atoms with Gasteiger partial charge in [0.15, 0.2) is 0 Å². The van der Waals surface area contributed by atoms with Crippen molar-refractivity contribution in [3.05, 3.63) is 41.1 Å². The van der Waals surface area contributed by atoms with E-state index in [9.17, 15) is 27.9 Å². The van der Waals surface area contributed by atoms with Crippen molar-refractivity contribution in [3.63, 3.8) is 0 Å². The van der Waals surface area contributed by atoms with E-state index >= 15 is 0 Å². The molecule has 1 aliphatic carbocycles. The van der Waals surface area contributed by atoms with Gasteiger partial charge in [0.2, 0.25) is 5.91 Å². The fourth-order valence-corrected chi connectivity index (χ4v) is 4.39. The third-order valence-electron chi connectivity index (χ3n) is 5.71. The monoisotopic (exact) mass is 468 g/mol. The van der Waals surface area contributed by atoms with E-state index in [4.69, 9.17) is 5.73 Å². The highest BCUT2D eigenvalue weighted by Gasteiger charge is 2.31. The maximum absolute atomic E-state index is 12.4. The molecule has 1 fully saturated rings. The molecular formula is C24H31F3N2O4. The standard InChI is InChI=1S/C20H22F3NO3.C4H9NO/c1-12-17(19(25)26)13(2)24(15-6-4-3-5-7-15)18(12)14-8-10-16(11-9-14)27-20(21,22)23;1-2-3-4(5)6/h8-11,15H,3-7H2,1-2H3,(H,25,26);2-3H2,1H3,(H2,5,6). The minimum atomic E-state index is -4.74. The number of hydrogen-bond acceptors (Lipinski definition) is 3. The van der Waals surface area contributed by atoms with Crippen LogP contribution in [0.2, 0.25) is 0 Å². The van der Waals surface area contributed by atoms with Gasteiger partial charge in [0.05, 0.1) is 11.3 Å². The number of carboxylic acids is 1. The molecule has 0 bridgehead atoms. The first kappa shape index (κ1) is 26.3. The van der Waals surface area contributed by atoms with Crippen LogP contribution in [0.5, 0.6) is 5.75 Å². The van der Waals surface area contributed by atoms with Crippen LogP contribution in [0.15, 0.2) is 24.3 Å². The molecule has 182 valence electrons. The van der Waals surface area contributed by atoms with Gasteiger partial charge in [-0.3, -0.25) is 4.79 Å². The van der Waals surface area contributed by atoms with Crippen molar-refractivity contribution in [2.45, 2.75) is 78.1 Å². The second-order valence-electron chi connectivity index (χ2n) is 8.19. The topological polar surface area (TPSA) is 94.5 Å². The van der Waals surface area contributed by atoms with Gasteiger partial charge in [-0.05, 0) is 68.5 Å². The Kier molecular flexibility index (Phi) is 8.96. The van der Waals surface area contributed by atoms with Crippen LogP contribution in [-0.2, 0) is 4.79 Å². The summed E-state index contributed by atoms with van der Waals surface area (Å²) in [5.74, 6) is -1.50. The quantitative estimate of drug-likeness (QED) is 0.532. The predicted molar refractivity (Wildman–Crippen MR) is 119 cm³/mol. The Bertz CT molecular complexity index is 960. The average Bonchev–Trinajstić information content (AvgIpc) is 2.98. The second-order valence-corrected chi connectivity index (χ2v) is 8.19. The van der Waals surface area contributed by atoms with Crippen molar-refractivity contribution in [3.8, 4) is 17.0 Å². The van der Waals surface area contributed by atoms with Crippen LogP contribution in [0, 0.1) is 13.8 Å². The summed E-state index contributed by atoms with van der Waals surface area (Å²) in [6.45, 7) is 5.48. The average molecular weight is 469 g/mol. The fourth-order valence-electron chi connectivity index (χ4n) is 4.39. The number of carboxylic acid groups (broad SMARTS) is 1. The highest BCUT2D eigenvalue weighted by atomic mass is 19.4. The lowest BCUT2D eigenvalue weighted by Gasteiger charge is -2.27. The van der Waals surface area contributed by atoms with E-state index in [-0.39, 0.29) is 23.3 Å². The molecule has 0 unspecified atom stereocenters. The van der Waals surface area contributed by atoms with E-state index in [0.29, 0.717) is 23.2 Å². The van der Waals surface area contributed by atoms with Gasteiger partial charge in [-0.25, -0.2) is 4.79 Å². The maximum atomic E-state index is 12.4. The van der Waals surface area contributed by atoms with E-state index in [0.717, 1.165) is 37.8 Å². The number of carbonyl (C=O) groups excluding carboxylic acids is 1. The van der Waals surface area contributed by atoms with Crippen LogP contribution in [0.3, 0.4) is 0 Å². The van der Waals surface area contributed by atoms with Gasteiger partial charge in [-0.2, -0.15) is 0 Å². The van der Waals surface area contributed by atoms with Crippen molar-refractivity contribution in [1.29, 1.82) is 0 Å². The summed E-state index contributed by atoms with van der Waals surface area (Å²) in [4.78, 5) is 21.6. The molecule has 0 aliphatic heterocycles. The molecule has 1 aliphatic rings. The number of amides is 1. The molecule has 0 radical (unpaired) electrons. The Labute approximate surface area is 191 Å². The number of hydrogen-bond donors (Lipinski definition) is 2. The summed E-state index contributed by atoms with van der Waals surface area (Å²) >= 11 is 0. The first-order chi connectivity index (χ1) is 15.5. The molecule has 1 amide bonds. The van der Waals surface area contributed by atoms with Gasteiger partial charge in [0, 0.05) is 18.2 Å². The number of halogens is 3. The van der Waals surface area contributed by atoms with E-state index in [2.05, 4.69) is 9.30 Å². The molecule has 33 heavy (non-hydrogen) atoms. The Morgan fingerprint density at radius 3 is 2.12 bits per heavy atom. The van der Waals surface area contributed by atoms with Crippen molar-refractivity contribution in [1.82, 2.24) is 4.57 Å². The first-order valence-electron chi connectivity index (χ1n) is 11.0. The largest absolute Gasteiger partial charge is 0.573 e. The number of aromatic carboxylic acids is 1. The molecular weight excluding hydrogens is 437 g/mol. The summed E-state index contributed by atoms with van der Waals surface area (Å²) in [7, 11) is 0. The van der Waals surface area contributed by atoms with Crippen LogP contribution in [0.25, 0.3) is 11.3 Å². The van der Waals surface area contributed by atoms with Gasteiger partial charge < -0.3 is 20.1 Å². The number of carbonyl (C=O) groups is 2. The summed E-state index contributed by atoms with van der Waals surface area (Å²) in [5.41, 5.74) is 7.80. The van der Waals surface area contributed by atoms with Gasteiger partial charge in [-0.1, -0.05) is 26.2 Å². The molecule has 2 aromatic rings. The van der Waals surface area contributed by atoms with Crippen LogP contribution >= 0.6 is 0 Å². The number of rotatable bonds is 6. The fraction of sp³-hybridized carbons (Fsp3) is 0.500. The number of benzene rings is 1. The third kappa shape index (κ3) is 7.00. The Hall–Kier alpha value is -2.97. The third-order valence-corrected chi connectivity index (χ3v) is 5.71. The summed E-state index contributed by atoms with van der Waals surface area (Å²) in [6.07, 6.45) is 1.90. The van der Waals surface area contributed by atoms with Crippen molar-refractivity contribution in [2.24, 2.45) is 5.73 Å². The van der Waals surface area contributed by atoms with Crippen LogP contribution in [-0.4, -0.2) is 27.9 Å².